The van der Waals surface area contributed by atoms with Crippen molar-refractivity contribution in [3.63, 3.8) is 0 Å². The first kappa shape index (κ1) is 16.0. The summed E-state index contributed by atoms with van der Waals surface area (Å²) in [6.45, 7) is 3.02. The van der Waals surface area contributed by atoms with Crippen LogP contribution in [0.25, 0.3) is 0 Å². The maximum absolute atomic E-state index is 13.7. The summed E-state index contributed by atoms with van der Waals surface area (Å²) >= 11 is 6.07. The second kappa shape index (κ2) is 8.16. The molecule has 3 heteroatoms. The van der Waals surface area contributed by atoms with Crippen LogP contribution in [0.2, 0.25) is 5.02 Å². The molecule has 0 aliphatic carbocycles. The topological polar surface area (TPSA) is 12.0 Å². The molecule has 2 aromatic rings. The molecule has 1 N–H and O–H groups in total. The number of rotatable bonds is 7. The van der Waals surface area contributed by atoms with Gasteiger partial charge in [-0.05, 0) is 43.5 Å². The van der Waals surface area contributed by atoms with E-state index in [-0.39, 0.29) is 5.82 Å². The van der Waals surface area contributed by atoms with Gasteiger partial charge in [-0.15, -0.1) is 0 Å². The Hall–Kier alpha value is -1.38. The van der Waals surface area contributed by atoms with Crippen molar-refractivity contribution in [2.75, 3.05) is 6.54 Å². The van der Waals surface area contributed by atoms with E-state index in [0.717, 1.165) is 19.4 Å². The average Bonchev–Trinajstić information content (AvgIpc) is 2.50. The maximum atomic E-state index is 13.7. The number of nitrogens with one attached hydrogen (secondary N) is 1. The normalized spacial score (nSPS) is 12.3. The van der Waals surface area contributed by atoms with E-state index in [1.54, 1.807) is 12.1 Å². The monoisotopic (exact) mass is 305 g/mol. The third-order valence-electron chi connectivity index (χ3n) is 3.63. The van der Waals surface area contributed by atoms with Crippen molar-refractivity contribution in [2.24, 2.45) is 0 Å². The molecule has 0 aromatic heterocycles. The summed E-state index contributed by atoms with van der Waals surface area (Å²) in [7, 11) is 0. The zero-order chi connectivity index (χ0) is 15.1. The average molecular weight is 306 g/mol. The molecule has 0 saturated carbocycles. The zero-order valence-electron chi connectivity index (χ0n) is 12.3. The van der Waals surface area contributed by atoms with Gasteiger partial charge in [0, 0.05) is 16.6 Å². The molecule has 0 bridgehead atoms. The van der Waals surface area contributed by atoms with Crippen LogP contribution in [-0.2, 0) is 6.42 Å². The molecular weight excluding hydrogens is 285 g/mol. The Bertz CT molecular complexity index is 536. The van der Waals surface area contributed by atoms with Gasteiger partial charge in [-0.25, -0.2) is 4.39 Å². The quantitative estimate of drug-likeness (QED) is 0.745. The van der Waals surface area contributed by atoms with Gasteiger partial charge in [-0.2, -0.15) is 0 Å². The highest BCUT2D eigenvalue weighted by Crippen LogP contribution is 2.24. The van der Waals surface area contributed by atoms with Gasteiger partial charge < -0.3 is 5.32 Å². The van der Waals surface area contributed by atoms with Crippen molar-refractivity contribution in [1.82, 2.24) is 5.32 Å². The first-order valence-electron chi connectivity index (χ1n) is 7.43. The molecule has 2 aromatic carbocycles. The van der Waals surface area contributed by atoms with Crippen LogP contribution < -0.4 is 5.32 Å². The van der Waals surface area contributed by atoms with Crippen LogP contribution in [-0.4, -0.2) is 6.54 Å². The highest BCUT2D eigenvalue weighted by atomic mass is 35.5. The molecule has 112 valence electrons. The van der Waals surface area contributed by atoms with E-state index in [0.29, 0.717) is 23.0 Å². The number of halogens is 2. The summed E-state index contributed by atoms with van der Waals surface area (Å²) in [5.74, 6) is -0.206. The smallest absolute Gasteiger partial charge is 0.127 e. The minimum Gasteiger partial charge on any atom is -0.310 e. The third-order valence-corrected chi connectivity index (χ3v) is 3.99. The van der Waals surface area contributed by atoms with Crippen LogP contribution in [0.5, 0.6) is 0 Å². The highest BCUT2D eigenvalue weighted by Gasteiger charge is 2.11. The third kappa shape index (κ3) is 4.55. The van der Waals surface area contributed by atoms with Crippen molar-refractivity contribution in [3.8, 4) is 0 Å². The molecule has 0 saturated heterocycles. The lowest BCUT2D eigenvalue weighted by Crippen LogP contribution is -2.21. The summed E-state index contributed by atoms with van der Waals surface area (Å²) in [6, 6.07) is 15.5. The molecule has 0 radical (unpaired) electrons. The van der Waals surface area contributed by atoms with Gasteiger partial charge in [-0.1, -0.05) is 54.9 Å². The summed E-state index contributed by atoms with van der Waals surface area (Å²) in [5.41, 5.74) is 1.90. The Kier molecular flexibility index (Phi) is 6.21. The minimum atomic E-state index is -0.206. The predicted octanol–water partition coefficient (Wildman–Crippen LogP) is 5.15. The lowest BCUT2D eigenvalue weighted by Gasteiger charge is -2.18. The van der Waals surface area contributed by atoms with Gasteiger partial charge in [-0.3, -0.25) is 0 Å². The first-order chi connectivity index (χ1) is 10.2. The molecule has 0 aliphatic rings. The number of hydrogen-bond donors (Lipinski definition) is 1. The van der Waals surface area contributed by atoms with Crippen LogP contribution in [0.3, 0.4) is 0 Å². The Morgan fingerprint density at radius 2 is 1.86 bits per heavy atom. The van der Waals surface area contributed by atoms with Crippen LogP contribution in [0.15, 0.2) is 48.5 Å². The van der Waals surface area contributed by atoms with E-state index in [4.69, 9.17) is 11.6 Å². The molecule has 1 unspecified atom stereocenters. The van der Waals surface area contributed by atoms with Crippen molar-refractivity contribution in [2.45, 2.75) is 32.2 Å². The number of benzene rings is 2. The van der Waals surface area contributed by atoms with E-state index in [9.17, 15) is 4.39 Å². The van der Waals surface area contributed by atoms with Crippen LogP contribution in [0.1, 0.15) is 36.9 Å². The molecule has 1 atom stereocenters. The predicted molar refractivity (Wildman–Crippen MR) is 87.2 cm³/mol. The van der Waals surface area contributed by atoms with Crippen LogP contribution in [0.4, 0.5) is 4.39 Å². The molecular formula is C18H21ClFN. The van der Waals surface area contributed by atoms with Crippen LogP contribution in [0, 0.1) is 5.82 Å². The molecule has 0 aliphatic heterocycles. The van der Waals surface area contributed by atoms with E-state index in [1.807, 2.05) is 18.2 Å². The van der Waals surface area contributed by atoms with Gasteiger partial charge in [0.25, 0.3) is 0 Å². The minimum absolute atomic E-state index is 0.206. The van der Waals surface area contributed by atoms with Gasteiger partial charge in [0.1, 0.15) is 5.82 Å². The molecule has 0 fully saturated rings. The van der Waals surface area contributed by atoms with E-state index >= 15 is 0 Å². The SMILES string of the molecule is CCNC(CCCc1c(F)cccc1Cl)c1ccccc1. The largest absolute Gasteiger partial charge is 0.310 e. The Morgan fingerprint density at radius 1 is 1.10 bits per heavy atom. The van der Waals surface area contributed by atoms with E-state index < -0.39 is 0 Å². The van der Waals surface area contributed by atoms with Gasteiger partial charge >= 0.3 is 0 Å². The zero-order valence-corrected chi connectivity index (χ0v) is 13.0. The lowest BCUT2D eigenvalue weighted by molar-refractivity contribution is 0.494. The summed E-state index contributed by atoms with van der Waals surface area (Å²) in [5, 5.41) is 4.01. The number of hydrogen-bond acceptors (Lipinski definition) is 1. The van der Waals surface area contributed by atoms with Crippen LogP contribution >= 0.6 is 11.6 Å². The summed E-state index contributed by atoms with van der Waals surface area (Å²) in [6.07, 6.45) is 2.52. The van der Waals surface area contributed by atoms with Crippen molar-refractivity contribution in [3.05, 3.63) is 70.5 Å². The fraction of sp³-hybridized carbons (Fsp3) is 0.333. The summed E-state index contributed by atoms with van der Waals surface area (Å²) in [4.78, 5) is 0. The second-order valence-corrected chi connectivity index (χ2v) is 5.52. The van der Waals surface area contributed by atoms with Gasteiger partial charge in [0.2, 0.25) is 0 Å². The van der Waals surface area contributed by atoms with Gasteiger partial charge in [0.15, 0.2) is 0 Å². The second-order valence-electron chi connectivity index (χ2n) is 5.11. The van der Waals surface area contributed by atoms with Crippen molar-refractivity contribution < 1.29 is 4.39 Å². The molecule has 21 heavy (non-hydrogen) atoms. The lowest BCUT2D eigenvalue weighted by atomic mass is 9.99. The van der Waals surface area contributed by atoms with Crippen molar-refractivity contribution >= 4 is 11.6 Å². The fourth-order valence-electron chi connectivity index (χ4n) is 2.57. The molecule has 2 rings (SSSR count). The van der Waals surface area contributed by atoms with Gasteiger partial charge in [0.05, 0.1) is 0 Å². The highest BCUT2D eigenvalue weighted by molar-refractivity contribution is 6.31. The first-order valence-corrected chi connectivity index (χ1v) is 7.81. The molecule has 0 heterocycles. The molecule has 1 nitrogen and oxygen atoms in total. The van der Waals surface area contributed by atoms with Crippen molar-refractivity contribution in [1.29, 1.82) is 0 Å². The maximum Gasteiger partial charge on any atom is 0.127 e. The molecule has 0 amide bonds. The Labute approximate surface area is 131 Å². The molecule has 0 spiro atoms. The summed E-state index contributed by atoms with van der Waals surface area (Å²) < 4.78 is 13.7. The Balaban J connectivity index is 1.97. The van der Waals surface area contributed by atoms with E-state index in [2.05, 4.69) is 24.4 Å². The standard InChI is InChI=1S/C18H21ClFN/c1-2-21-18(14-8-4-3-5-9-14)13-6-10-15-16(19)11-7-12-17(15)20/h3-5,7-9,11-12,18,21H,2,6,10,13H2,1H3. The van der Waals surface area contributed by atoms with E-state index in [1.165, 1.54) is 11.6 Å². The fourth-order valence-corrected chi connectivity index (χ4v) is 2.83. The Morgan fingerprint density at radius 3 is 2.52 bits per heavy atom.